The maximum atomic E-state index is 12.0. The molecule has 2 N–H and O–H groups in total. The standard InChI is InChI=1S/C15H21N5O2/c1-14(2)13(21)19-11-10(22-14)12(18-9-17-11)20-5-3-15(4-6-20)7-16-8-15/h9,16H,3-8H2,1-2H3,(H,17,18,19,21). The molecule has 3 aliphatic heterocycles. The number of carbonyl (C=O) groups excluding carboxylic acids is 1. The van der Waals surface area contributed by atoms with Crippen molar-refractivity contribution in [1.82, 2.24) is 15.3 Å². The molecule has 2 fully saturated rings. The highest BCUT2D eigenvalue weighted by Gasteiger charge is 2.42. The van der Waals surface area contributed by atoms with E-state index in [4.69, 9.17) is 4.74 Å². The van der Waals surface area contributed by atoms with E-state index in [0.29, 0.717) is 17.0 Å². The van der Waals surface area contributed by atoms with Gasteiger partial charge in [-0.1, -0.05) is 0 Å². The van der Waals surface area contributed by atoms with Gasteiger partial charge in [-0.2, -0.15) is 0 Å². The van der Waals surface area contributed by atoms with E-state index >= 15 is 0 Å². The molecule has 22 heavy (non-hydrogen) atoms. The summed E-state index contributed by atoms with van der Waals surface area (Å²) in [4.78, 5) is 22.8. The summed E-state index contributed by atoms with van der Waals surface area (Å²) in [5, 5.41) is 6.19. The molecule has 0 unspecified atom stereocenters. The van der Waals surface area contributed by atoms with E-state index in [1.165, 1.54) is 6.33 Å². The molecule has 0 bridgehead atoms. The van der Waals surface area contributed by atoms with Crippen LogP contribution in [0.1, 0.15) is 26.7 Å². The number of carbonyl (C=O) groups is 1. The highest BCUT2D eigenvalue weighted by molar-refractivity contribution is 6.00. The maximum Gasteiger partial charge on any atom is 0.269 e. The predicted octanol–water partition coefficient (Wildman–Crippen LogP) is 0.776. The van der Waals surface area contributed by atoms with Gasteiger partial charge in [-0.25, -0.2) is 9.97 Å². The molecule has 1 aromatic rings. The topological polar surface area (TPSA) is 79.4 Å². The molecule has 1 amide bonds. The first-order valence-electron chi connectivity index (χ1n) is 7.80. The fraction of sp³-hybridized carbons (Fsp3) is 0.667. The van der Waals surface area contributed by atoms with E-state index in [2.05, 4.69) is 25.5 Å². The van der Waals surface area contributed by atoms with Crippen LogP contribution in [0.15, 0.2) is 6.33 Å². The Bertz CT molecular complexity index is 616. The molecule has 7 heteroatoms. The molecule has 4 heterocycles. The molecular formula is C15H21N5O2. The number of ether oxygens (including phenoxy) is 1. The van der Waals surface area contributed by atoms with Crippen molar-refractivity contribution in [2.75, 3.05) is 36.4 Å². The average molecular weight is 303 g/mol. The van der Waals surface area contributed by atoms with Gasteiger partial charge in [0.1, 0.15) is 6.33 Å². The normalized spacial score (nSPS) is 25.0. The number of anilines is 2. The molecular weight excluding hydrogens is 282 g/mol. The van der Waals surface area contributed by atoms with Gasteiger partial charge in [-0.15, -0.1) is 0 Å². The van der Waals surface area contributed by atoms with Crippen molar-refractivity contribution in [3.05, 3.63) is 6.33 Å². The molecule has 0 aromatic carbocycles. The van der Waals surface area contributed by atoms with Gasteiger partial charge in [0.25, 0.3) is 5.91 Å². The smallest absolute Gasteiger partial charge is 0.269 e. The monoisotopic (exact) mass is 303 g/mol. The van der Waals surface area contributed by atoms with Crippen LogP contribution >= 0.6 is 0 Å². The van der Waals surface area contributed by atoms with Gasteiger partial charge in [0.15, 0.2) is 17.2 Å². The maximum absolute atomic E-state index is 12.0. The quantitative estimate of drug-likeness (QED) is 0.798. The van der Waals surface area contributed by atoms with Gasteiger partial charge in [-0.05, 0) is 32.1 Å². The van der Waals surface area contributed by atoms with Crippen LogP contribution in [0, 0.1) is 5.41 Å². The SMILES string of the molecule is CC1(C)Oc2c(ncnc2N2CCC3(CC2)CNC3)NC1=O. The highest BCUT2D eigenvalue weighted by Crippen LogP contribution is 2.42. The number of piperidine rings is 1. The van der Waals surface area contributed by atoms with Crippen molar-refractivity contribution in [3.63, 3.8) is 0 Å². The first-order chi connectivity index (χ1) is 10.5. The first-order valence-corrected chi connectivity index (χ1v) is 7.80. The van der Waals surface area contributed by atoms with E-state index in [1.54, 1.807) is 13.8 Å². The molecule has 0 saturated carbocycles. The Labute approximate surface area is 129 Å². The third-order valence-corrected chi connectivity index (χ3v) is 5.04. The second-order valence-electron chi connectivity index (χ2n) is 7.03. The fourth-order valence-corrected chi connectivity index (χ4v) is 3.36. The number of amides is 1. The summed E-state index contributed by atoms with van der Waals surface area (Å²) < 4.78 is 5.92. The molecule has 7 nitrogen and oxygen atoms in total. The van der Waals surface area contributed by atoms with Gasteiger partial charge < -0.3 is 20.3 Å². The lowest BCUT2D eigenvalue weighted by atomic mass is 9.73. The van der Waals surface area contributed by atoms with Gasteiger partial charge in [0, 0.05) is 26.2 Å². The number of nitrogens with zero attached hydrogens (tertiary/aromatic N) is 3. The summed E-state index contributed by atoms with van der Waals surface area (Å²) in [6, 6.07) is 0. The minimum absolute atomic E-state index is 0.178. The second kappa shape index (κ2) is 4.55. The number of hydrogen-bond donors (Lipinski definition) is 2. The summed E-state index contributed by atoms with van der Waals surface area (Å²) in [5.74, 6) is 1.68. The summed E-state index contributed by atoms with van der Waals surface area (Å²) in [5.41, 5.74) is -0.417. The number of aromatic nitrogens is 2. The number of hydrogen-bond acceptors (Lipinski definition) is 6. The van der Waals surface area contributed by atoms with Crippen molar-refractivity contribution < 1.29 is 9.53 Å². The van der Waals surface area contributed by atoms with E-state index in [0.717, 1.165) is 44.8 Å². The van der Waals surface area contributed by atoms with Crippen LogP contribution < -0.4 is 20.3 Å². The summed E-state index contributed by atoms with van der Waals surface area (Å²) >= 11 is 0. The largest absolute Gasteiger partial charge is 0.470 e. The Morgan fingerprint density at radius 3 is 2.59 bits per heavy atom. The zero-order valence-electron chi connectivity index (χ0n) is 13.0. The lowest BCUT2D eigenvalue weighted by molar-refractivity contribution is -0.129. The van der Waals surface area contributed by atoms with Gasteiger partial charge in [0.2, 0.25) is 5.75 Å². The Balaban J connectivity index is 1.61. The van der Waals surface area contributed by atoms with Crippen LogP contribution in [0.25, 0.3) is 0 Å². The summed E-state index contributed by atoms with van der Waals surface area (Å²) in [7, 11) is 0. The van der Waals surface area contributed by atoms with Gasteiger partial charge >= 0.3 is 0 Å². The predicted molar refractivity (Wildman–Crippen MR) is 82.1 cm³/mol. The zero-order valence-corrected chi connectivity index (χ0v) is 13.0. The van der Waals surface area contributed by atoms with Crippen molar-refractivity contribution in [2.45, 2.75) is 32.3 Å². The highest BCUT2D eigenvalue weighted by atomic mass is 16.5. The fourth-order valence-electron chi connectivity index (χ4n) is 3.36. The third kappa shape index (κ3) is 2.03. The summed E-state index contributed by atoms with van der Waals surface area (Å²) in [6.45, 7) is 7.69. The summed E-state index contributed by atoms with van der Waals surface area (Å²) in [6.07, 6.45) is 3.81. The molecule has 118 valence electrons. The van der Waals surface area contributed by atoms with Crippen LogP contribution in [0.4, 0.5) is 11.6 Å². The molecule has 0 aliphatic carbocycles. The van der Waals surface area contributed by atoms with E-state index in [9.17, 15) is 4.79 Å². The molecule has 1 aromatic heterocycles. The van der Waals surface area contributed by atoms with Crippen molar-refractivity contribution in [2.24, 2.45) is 5.41 Å². The molecule has 1 spiro atoms. The van der Waals surface area contributed by atoms with E-state index < -0.39 is 5.60 Å². The van der Waals surface area contributed by atoms with Gasteiger partial charge in [-0.3, -0.25) is 4.79 Å². The lowest BCUT2D eigenvalue weighted by Gasteiger charge is -2.48. The zero-order chi connectivity index (χ0) is 15.4. The number of rotatable bonds is 1. The van der Waals surface area contributed by atoms with E-state index in [1.807, 2.05) is 0 Å². The van der Waals surface area contributed by atoms with Crippen molar-refractivity contribution in [3.8, 4) is 5.75 Å². The third-order valence-electron chi connectivity index (χ3n) is 5.04. The Hall–Kier alpha value is -1.89. The van der Waals surface area contributed by atoms with Crippen LogP contribution in [0.5, 0.6) is 5.75 Å². The Morgan fingerprint density at radius 1 is 1.23 bits per heavy atom. The lowest BCUT2D eigenvalue weighted by Crippen LogP contribution is -2.58. The molecule has 0 radical (unpaired) electrons. The minimum Gasteiger partial charge on any atom is -0.470 e. The molecule has 4 rings (SSSR count). The average Bonchev–Trinajstić information content (AvgIpc) is 2.46. The number of fused-ring (bicyclic) bond motifs is 1. The minimum atomic E-state index is -0.901. The second-order valence-corrected chi connectivity index (χ2v) is 7.03. The van der Waals surface area contributed by atoms with Crippen LogP contribution in [-0.2, 0) is 4.79 Å². The van der Waals surface area contributed by atoms with Crippen LogP contribution in [0.3, 0.4) is 0 Å². The van der Waals surface area contributed by atoms with Crippen LogP contribution in [-0.4, -0.2) is 47.7 Å². The van der Waals surface area contributed by atoms with Crippen molar-refractivity contribution >= 4 is 17.5 Å². The van der Waals surface area contributed by atoms with Gasteiger partial charge in [0.05, 0.1) is 0 Å². The first kappa shape index (κ1) is 13.8. The molecule has 0 atom stereocenters. The van der Waals surface area contributed by atoms with Crippen LogP contribution in [0.2, 0.25) is 0 Å². The Morgan fingerprint density at radius 2 is 1.95 bits per heavy atom. The molecule has 2 saturated heterocycles. The number of nitrogens with one attached hydrogen (secondary N) is 2. The molecule has 3 aliphatic rings. The van der Waals surface area contributed by atoms with E-state index in [-0.39, 0.29) is 5.91 Å². The van der Waals surface area contributed by atoms with Crippen molar-refractivity contribution in [1.29, 1.82) is 0 Å². The Kier molecular flexibility index (Phi) is 2.84.